The number of ether oxygens (including phenoxy) is 2. The van der Waals surface area contributed by atoms with Gasteiger partial charge >= 0.3 is 0 Å². The number of allylic oxidation sites excluding steroid dienone is 1. The second kappa shape index (κ2) is 5.45. The van der Waals surface area contributed by atoms with Gasteiger partial charge in [-0.1, -0.05) is 12.1 Å². The van der Waals surface area contributed by atoms with E-state index in [0.717, 1.165) is 11.3 Å². The molecule has 0 saturated heterocycles. The molecular weight excluding hydrogens is 252 g/mol. The number of fused-ring (bicyclic) bond motifs is 1. The molecule has 4 heteroatoms. The molecule has 3 rings (SSSR count). The molecule has 98 valence electrons. The van der Waals surface area contributed by atoms with Crippen molar-refractivity contribution in [3.63, 3.8) is 0 Å². The van der Waals surface area contributed by atoms with E-state index in [-0.39, 0.29) is 0 Å². The average Bonchev–Trinajstić information content (AvgIpc) is 2.53. The van der Waals surface area contributed by atoms with Crippen LogP contribution in [-0.2, 0) is 0 Å². The van der Waals surface area contributed by atoms with E-state index >= 15 is 0 Å². The highest BCUT2D eigenvalue weighted by molar-refractivity contribution is 5.88. The summed E-state index contributed by atoms with van der Waals surface area (Å²) in [5, 5.41) is 9.26. The molecular formula is C16H12N2O2. The van der Waals surface area contributed by atoms with Crippen molar-refractivity contribution in [2.75, 3.05) is 13.2 Å². The number of hydrogen-bond donors (Lipinski definition) is 0. The number of pyridine rings is 1. The SMILES string of the molecule is N#C/C(=C/c1ccc2c(c1)OCCO2)c1ccccn1. The van der Waals surface area contributed by atoms with Gasteiger partial charge < -0.3 is 9.47 Å². The van der Waals surface area contributed by atoms with Crippen molar-refractivity contribution in [1.82, 2.24) is 4.98 Å². The minimum Gasteiger partial charge on any atom is -0.486 e. The highest BCUT2D eigenvalue weighted by atomic mass is 16.6. The number of nitriles is 1. The Labute approximate surface area is 116 Å². The Balaban J connectivity index is 1.96. The van der Waals surface area contributed by atoms with Crippen LogP contribution in [0.5, 0.6) is 11.5 Å². The van der Waals surface area contributed by atoms with Crippen molar-refractivity contribution in [1.29, 1.82) is 5.26 Å². The molecule has 0 spiro atoms. The quantitative estimate of drug-likeness (QED) is 0.782. The first-order valence-corrected chi connectivity index (χ1v) is 6.30. The molecule has 20 heavy (non-hydrogen) atoms. The fraction of sp³-hybridized carbons (Fsp3) is 0.125. The van der Waals surface area contributed by atoms with E-state index in [0.29, 0.717) is 30.2 Å². The van der Waals surface area contributed by atoms with Gasteiger partial charge in [0.25, 0.3) is 0 Å². The summed E-state index contributed by atoms with van der Waals surface area (Å²) in [5.41, 5.74) is 2.06. The first kappa shape index (κ1) is 12.2. The summed E-state index contributed by atoms with van der Waals surface area (Å²) in [6, 6.07) is 13.3. The second-order valence-corrected chi connectivity index (χ2v) is 4.29. The molecule has 1 aliphatic heterocycles. The Kier molecular flexibility index (Phi) is 3.34. The van der Waals surface area contributed by atoms with Crippen LogP contribution in [0.1, 0.15) is 11.3 Å². The fourth-order valence-electron chi connectivity index (χ4n) is 2.00. The zero-order valence-corrected chi connectivity index (χ0v) is 10.7. The standard InChI is InChI=1S/C16H12N2O2/c17-11-13(14-3-1-2-6-18-14)9-12-4-5-15-16(10-12)20-8-7-19-15/h1-6,9-10H,7-8H2/b13-9-. The molecule has 4 nitrogen and oxygen atoms in total. The van der Waals surface area contributed by atoms with Gasteiger partial charge in [0.1, 0.15) is 19.3 Å². The molecule has 2 aromatic rings. The normalized spacial score (nSPS) is 13.7. The number of hydrogen-bond acceptors (Lipinski definition) is 4. The van der Waals surface area contributed by atoms with Crippen LogP contribution in [0, 0.1) is 11.3 Å². The molecule has 1 aliphatic rings. The summed E-state index contributed by atoms with van der Waals surface area (Å²) in [7, 11) is 0. The molecule has 0 fully saturated rings. The van der Waals surface area contributed by atoms with Gasteiger partial charge in [0.15, 0.2) is 11.5 Å². The summed E-state index contributed by atoms with van der Waals surface area (Å²) < 4.78 is 11.0. The van der Waals surface area contributed by atoms with Crippen LogP contribution in [0.25, 0.3) is 11.6 Å². The topological polar surface area (TPSA) is 55.1 Å². The van der Waals surface area contributed by atoms with Gasteiger partial charge in [-0.25, -0.2) is 0 Å². The average molecular weight is 264 g/mol. The van der Waals surface area contributed by atoms with Gasteiger partial charge in [-0.15, -0.1) is 0 Å². The molecule has 0 amide bonds. The Morgan fingerprint density at radius 1 is 1.15 bits per heavy atom. The van der Waals surface area contributed by atoms with Crippen LogP contribution in [-0.4, -0.2) is 18.2 Å². The monoisotopic (exact) mass is 264 g/mol. The lowest BCUT2D eigenvalue weighted by atomic mass is 10.1. The zero-order valence-electron chi connectivity index (χ0n) is 10.7. The first-order chi connectivity index (χ1) is 9.86. The molecule has 0 bridgehead atoms. The maximum atomic E-state index is 9.26. The predicted molar refractivity (Wildman–Crippen MR) is 75.2 cm³/mol. The zero-order chi connectivity index (χ0) is 13.8. The summed E-state index contributed by atoms with van der Waals surface area (Å²) in [6.07, 6.45) is 3.46. The Hall–Kier alpha value is -2.80. The minimum atomic E-state index is 0.516. The number of benzene rings is 1. The van der Waals surface area contributed by atoms with Gasteiger partial charge in [0, 0.05) is 6.20 Å². The van der Waals surface area contributed by atoms with Crippen molar-refractivity contribution >= 4 is 11.6 Å². The molecule has 0 unspecified atom stereocenters. The first-order valence-electron chi connectivity index (χ1n) is 6.30. The van der Waals surface area contributed by atoms with Gasteiger partial charge in [-0.05, 0) is 35.9 Å². The number of rotatable bonds is 2. The maximum absolute atomic E-state index is 9.26. The number of nitrogens with zero attached hydrogens (tertiary/aromatic N) is 2. The van der Waals surface area contributed by atoms with Crippen LogP contribution in [0.3, 0.4) is 0 Å². The Morgan fingerprint density at radius 2 is 2.00 bits per heavy atom. The van der Waals surface area contributed by atoms with Crippen molar-refractivity contribution < 1.29 is 9.47 Å². The fourth-order valence-corrected chi connectivity index (χ4v) is 2.00. The predicted octanol–water partition coefficient (Wildman–Crippen LogP) is 2.92. The van der Waals surface area contributed by atoms with E-state index in [1.165, 1.54) is 0 Å². The molecule has 0 aliphatic carbocycles. The van der Waals surface area contributed by atoms with Crippen LogP contribution >= 0.6 is 0 Å². The molecule has 2 heterocycles. The van der Waals surface area contributed by atoms with Crippen LogP contribution < -0.4 is 9.47 Å². The molecule has 0 atom stereocenters. The van der Waals surface area contributed by atoms with Crippen LogP contribution in [0.15, 0.2) is 42.6 Å². The van der Waals surface area contributed by atoms with Crippen molar-refractivity contribution in [2.45, 2.75) is 0 Å². The molecule has 1 aromatic heterocycles. The van der Waals surface area contributed by atoms with Crippen molar-refractivity contribution in [3.05, 3.63) is 53.9 Å². The molecule has 0 saturated carbocycles. The smallest absolute Gasteiger partial charge is 0.161 e. The van der Waals surface area contributed by atoms with E-state index in [1.54, 1.807) is 12.3 Å². The van der Waals surface area contributed by atoms with E-state index in [9.17, 15) is 5.26 Å². The summed E-state index contributed by atoms with van der Waals surface area (Å²) in [4.78, 5) is 4.19. The third kappa shape index (κ3) is 2.47. The third-order valence-electron chi connectivity index (χ3n) is 2.94. The lowest BCUT2D eigenvalue weighted by Gasteiger charge is -2.18. The molecule has 0 radical (unpaired) electrons. The Morgan fingerprint density at radius 3 is 2.75 bits per heavy atom. The molecule has 1 aromatic carbocycles. The highest BCUT2D eigenvalue weighted by Gasteiger charge is 2.11. The van der Waals surface area contributed by atoms with Crippen LogP contribution in [0.2, 0.25) is 0 Å². The number of aromatic nitrogens is 1. The Bertz CT molecular complexity index is 687. The molecule has 0 N–H and O–H groups in total. The summed E-state index contributed by atoms with van der Waals surface area (Å²) >= 11 is 0. The summed E-state index contributed by atoms with van der Waals surface area (Å²) in [5.74, 6) is 1.45. The lowest BCUT2D eigenvalue weighted by Crippen LogP contribution is -2.15. The van der Waals surface area contributed by atoms with E-state index < -0.39 is 0 Å². The van der Waals surface area contributed by atoms with Gasteiger partial charge in [-0.3, -0.25) is 4.98 Å². The van der Waals surface area contributed by atoms with E-state index in [4.69, 9.17) is 9.47 Å². The van der Waals surface area contributed by atoms with Crippen LogP contribution in [0.4, 0.5) is 0 Å². The largest absolute Gasteiger partial charge is 0.486 e. The highest BCUT2D eigenvalue weighted by Crippen LogP contribution is 2.31. The van der Waals surface area contributed by atoms with E-state index in [2.05, 4.69) is 11.1 Å². The van der Waals surface area contributed by atoms with Gasteiger partial charge in [0.05, 0.1) is 11.3 Å². The lowest BCUT2D eigenvalue weighted by molar-refractivity contribution is 0.171. The minimum absolute atomic E-state index is 0.516. The maximum Gasteiger partial charge on any atom is 0.161 e. The van der Waals surface area contributed by atoms with Gasteiger partial charge in [0.2, 0.25) is 0 Å². The summed E-state index contributed by atoms with van der Waals surface area (Å²) in [6.45, 7) is 1.12. The van der Waals surface area contributed by atoms with Crippen molar-refractivity contribution in [3.8, 4) is 17.6 Å². The second-order valence-electron chi connectivity index (χ2n) is 4.29. The van der Waals surface area contributed by atoms with Gasteiger partial charge in [-0.2, -0.15) is 5.26 Å². The third-order valence-corrected chi connectivity index (χ3v) is 2.94. The van der Waals surface area contributed by atoms with E-state index in [1.807, 2.05) is 36.4 Å². The van der Waals surface area contributed by atoms with Crippen molar-refractivity contribution in [2.24, 2.45) is 0 Å².